The summed E-state index contributed by atoms with van der Waals surface area (Å²) in [6.45, 7) is 3.49. The van der Waals surface area contributed by atoms with Crippen LogP contribution in [-0.4, -0.2) is 54.3 Å². The van der Waals surface area contributed by atoms with E-state index in [4.69, 9.17) is 10.6 Å². The first-order valence-electron chi connectivity index (χ1n) is 7.56. The van der Waals surface area contributed by atoms with Crippen LogP contribution in [0.25, 0.3) is 0 Å². The van der Waals surface area contributed by atoms with Crippen molar-refractivity contribution in [1.29, 1.82) is 0 Å². The van der Waals surface area contributed by atoms with Crippen molar-refractivity contribution < 1.29 is 4.74 Å². The van der Waals surface area contributed by atoms with Crippen molar-refractivity contribution in [2.75, 3.05) is 48.6 Å². The molecule has 2 aliphatic heterocycles. The Balaban J connectivity index is 1.84. The van der Waals surface area contributed by atoms with Gasteiger partial charge in [0.25, 0.3) is 0 Å². The van der Waals surface area contributed by atoms with E-state index in [9.17, 15) is 0 Å². The second-order valence-corrected chi connectivity index (χ2v) is 5.58. The van der Waals surface area contributed by atoms with Gasteiger partial charge in [-0.2, -0.15) is 15.0 Å². The minimum absolute atomic E-state index is 0.312. The number of hydrogen-bond acceptors (Lipinski definition) is 8. The third-order valence-electron chi connectivity index (χ3n) is 4.15. The number of hydrazine groups is 1. The van der Waals surface area contributed by atoms with Crippen molar-refractivity contribution in [2.45, 2.75) is 31.7 Å². The molecule has 1 unspecified atom stereocenters. The highest BCUT2D eigenvalue weighted by molar-refractivity contribution is 5.45. The number of anilines is 3. The zero-order chi connectivity index (χ0) is 14.7. The number of likely N-dealkylation sites (N-methyl/N-ethyl adjacent to an activating group) is 1. The summed E-state index contributed by atoms with van der Waals surface area (Å²) >= 11 is 0. The van der Waals surface area contributed by atoms with E-state index in [0.29, 0.717) is 30.5 Å². The van der Waals surface area contributed by atoms with Crippen LogP contribution in [0.2, 0.25) is 0 Å². The number of nitrogens with two attached hydrogens (primary N) is 1. The number of aromatic nitrogens is 3. The van der Waals surface area contributed by atoms with Crippen LogP contribution in [0.3, 0.4) is 0 Å². The normalized spacial score (nSPS) is 22.4. The number of nitrogens with zero attached hydrogens (tertiary/aromatic N) is 5. The molecule has 0 spiro atoms. The van der Waals surface area contributed by atoms with Gasteiger partial charge in [-0.25, -0.2) is 5.84 Å². The zero-order valence-corrected chi connectivity index (χ0v) is 12.5. The predicted molar refractivity (Wildman–Crippen MR) is 81.3 cm³/mol. The summed E-state index contributed by atoms with van der Waals surface area (Å²) in [7, 11) is 2.00. The fourth-order valence-corrected chi connectivity index (χ4v) is 2.80. The highest BCUT2D eigenvalue weighted by Gasteiger charge is 2.24. The lowest BCUT2D eigenvalue weighted by Gasteiger charge is -2.28. The quantitative estimate of drug-likeness (QED) is 0.608. The van der Waals surface area contributed by atoms with Crippen molar-refractivity contribution in [3.05, 3.63) is 0 Å². The number of nitrogens with one attached hydrogen (secondary N) is 1. The monoisotopic (exact) mass is 293 g/mol. The lowest BCUT2D eigenvalue weighted by molar-refractivity contribution is 0.193. The van der Waals surface area contributed by atoms with Crippen LogP contribution in [0.5, 0.6) is 0 Å². The van der Waals surface area contributed by atoms with E-state index in [1.165, 1.54) is 19.3 Å². The molecule has 1 aromatic rings. The summed E-state index contributed by atoms with van der Waals surface area (Å²) < 4.78 is 5.44. The molecule has 21 heavy (non-hydrogen) atoms. The largest absolute Gasteiger partial charge is 0.379 e. The smallest absolute Gasteiger partial charge is 0.243 e. The molecule has 0 aliphatic carbocycles. The molecule has 8 nitrogen and oxygen atoms in total. The first kappa shape index (κ1) is 14.3. The molecule has 0 aromatic carbocycles. The molecule has 1 aromatic heterocycles. The van der Waals surface area contributed by atoms with E-state index in [0.717, 1.165) is 26.1 Å². The number of piperidine rings is 1. The van der Waals surface area contributed by atoms with Crippen LogP contribution < -0.4 is 21.1 Å². The summed E-state index contributed by atoms with van der Waals surface area (Å²) in [5, 5.41) is 0. The summed E-state index contributed by atoms with van der Waals surface area (Å²) in [5.41, 5.74) is 2.55. The summed E-state index contributed by atoms with van der Waals surface area (Å²) in [6.07, 6.45) is 4.62. The van der Waals surface area contributed by atoms with E-state index >= 15 is 0 Å². The summed E-state index contributed by atoms with van der Waals surface area (Å²) in [4.78, 5) is 17.7. The molecular weight excluding hydrogens is 270 g/mol. The van der Waals surface area contributed by atoms with Crippen LogP contribution in [0.15, 0.2) is 0 Å². The molecule has 0 saturated carbocycles. The van der Waals surface area contributed by atoms with E-state index in [1.54, 1.807) is 0 Å². The van der Waals surface area contributed by atoms with Crippen molar-refractivity contribution in [3.63, 3.8) is 0 Å². The Morgan fingerprint density at radius 3 is 2.71 bits per heavy atom. The van der Waals surface area contributed by atoms with Crippen molar-refractivity contribution in [2.24, 2.45) is 5.84 Å². The van der Waals surface area contributed by atoms with Gasteiger partial charge < -0.3 is 14.5 Å². The number of rotatable bonds is 4. The lowest BCUT2D eigenvalue weighted by Crippen LogP contribution is -2.36. The van der Waals surface area contributed by atoms with Gasteiger partial charge in [-0.3, -0.25) is 5.43 Å². The van der Waals surface area contributed by atoms with Crippen LogP contribution >= 0.6 is 0 Å². The third kappa shape index (κ3) is 3.16. The van der Waals surface area contributed by atoms with Crippen LogP contribution in [-0.2, 0) is 4.74 Å². The van der Waals surface area contributed by atoms with Crippen LogP contribution in [0, 0.1) is 0 Å². The average molecular weight is 293 g/mol. The first-order chi connectivity index (χ1) is 10.3. The fourth-order valence-electron chi connectivity index (χ4n) is 2.80. The molecule has 1 atom stereocenters. The maximum absolute atomic E-state index is 5.51. The molecule has 0 bridgehead atoms. The predicted octanol–water partition coefficient (Wildman–Crippen LogP) is 0.373. The molecule has 0 radical (unpaired) electrons. The topological polar surface area (TPSA) is 92.4 Å². The Morgan fingerprint density at radius 2 is 2.05 bits per heavy atom. The van der Waals surface area contributed by atoms with Gasteiger partial charge >= 0.3 is 0 Å². The molecule has 116 valence electrons. The first-order valence-corrected chi connectivity index (χ1v) is 7.56. The van der Waals surface area contributed by atoms with Gasteiger partial charge in [0.05, 0.1) is 12.6 Å². The number of nitrogen functional groups attached to an aromatic ring is 1. The molecule has 3 heterocycles. The molecule has 2 aliphatic rings. The highest BCUT2D eigenvalue weighted by Crippen LogP contribution is 2.22. The Kier molecular flexibility index (Phi) is 4.35. The standard InChI is InChI=1S/C13H23N7O/c1-19(10-5-8-21-9-10)12-15-11(18-14)16-13(17-12)20-6-3-2-4-7-20/h10H,2-9,14H2,1H3,(H,15,16,17,18). The summed E-state index contributed by atoms with van der Waals surface area (Å²) in [6, 6.07) is 0.312. The second kappa shape index (κ2) is 6.40. The molecule has 8 heteroatoms. The molecule has 3 N–H and O–H groups in total. The van der Waals surface area contributed by atoms with Gasteiger partial charge in [0.15, 0.2) is 0 Å². The number of ether oxygens (including phenoxy) is 1. The van der Waals surface area contributed by atoms with Gasteiger partial charge in [0.2, 0.25) is 17.8 Å². The maximum Gasteiger partial charge on any atom is 0.243 e. The van der Waals surface area contributed by atoms with Crippen LogP contribution in [0.1, 0.15) is 25.7 Å². The average Bonchev–Trinajstić information content (AvgIpc) is 3.09. The SMILES string of the molecule is CN(c1nc(NN)nc(N2CCCCC2)n1)C1CCOC1. The van der Waals surface area contributed by atoms with Crippen LogP contribution in [0.4, 0.5) is 17.8 Å². The molecule has 2 fully saturated rings. The third-order valence-corrected chi connectivity index (χ3v) is 4.15. The Morgan fingerprint density at radius 1 is 1.24 bits per heavy atom. The van der Waals surface area contributed by atoms with Gasteiger partial charge in [0, 0.05) is 26.7 Å². The molecule has 2 saturated heterocycles. The fraction of sp³-hybridized carbons (Fsp3) is 0.769. The van der Waals surface area contributed by atoms with E-state index in [1.807, 2.05) is 7.05 Å². The van der Waals surface area contributed by atoms with E-state index in [-0.39, 0.29) is 0 Å². The van der Waals surface area contributed by atoms with E-state index in [2.05, 4.69) is 30.2 Å². The zero-order valence-electron chi connectivity index (χ0n) is 12.5. The van der Waals surface area contributed by atoms with Gasteiger partial charge in [-0.15, -0.1) is 0 Å². The second-order valence-electron chi connectivity index (χ2n) is 5.58. The van der Waals surface area contributed by atoms with Gasteiger partial charge in [0.1, 0.15) is 0 Å². The van der Waals surface area contributed by atoms with E-state index < -0.39 is 0 Å². The van der Waals surface area contributed by atoms with Crippen molar-refractivity contribution in [1.82, 2.24) is 15.0 Å². The van der Waals surface area contributed by atoms with Gasteiger partial charge in [-0.05, 0) is 25.7 Å². The number of hydrogen-bond donors (Lipinski definition) is 2. The maximum atomic E-state index is 5.51. The highest BCUT2D eigenvalue weighted by atomic mass is 16.5. The van der Waals surface area contributed by atoms with Crippen molar-refractivity contribution >= 4 is 17.8 Å². The summed E-state index contributed by atoms with van der Waals surface area (Å²) in [5.74, 6) is 7.27. The van der Waals surface area contributed by atoms with Crippen molar-refractivity contribution in [3.8, 4) is 0 Å². The minimum Gasteiger partial charge on any atom is -0.379 e. The Labute approximate surface area is 124 Å². The molecule has 0 amide bonds. The minimum atomic E-state index is 0.312. The Bertz CT molecular complexity index is 472. The van der Waals surface area contributed by atoms with Gasteiger partial charge in [-0.1, -0.05) is 0 Å². The Hall–Kier alpha value is -1.67. The molecule has 3 rings (SSSR count). The molecular formula is C13H23N7O. The lowest BCUT2D eigenvalue weighted by atomic mass is 10.1.